The Bertz CT molecular complexity index is 849. The average Bonchev–Trinajstić information content (AvgIpc) is 3.24. The number of ether oxygens (including phenoxy) is 1. The fraction of sp³-hybridized carbons (Fsp3) is 0.353. The molecule has 7 nitrogen and oxygen atoms in total. The van der Waals surface area contributed by atoms with Crippen molar-refractivity contribution in [2.24, 2.45) is 0 Å². The van der Waals surface area contributed by atoms with Crippen molar-refractivity contribution in [2.75, 3.05) is 31.2 Å². The summed E-state index contributed by atoms with van der Waals surface area (Å²) < 4.78 is 16.6. The summed E-state index contributed by atoms with van der Waals surface area (Å²) in [6.45, 7) is 6.70. The largest absolute Gasteiger partial charge is 0.460 e. The highest BCUT2D eigenvalue weighted by Gasteiger charge is 2.21. The predicted octanol–water partition coefficient (Wildman–Crippen LogP) is 2.85. The third kappa shape index (κ3) is 2.78. The van der Waals surface area contributed by atoms with Gasteiger partial charge in [-0.05, 0) is 26.0 Å². The third-order valence-corrected chi connectivity index (χ3v) is 3.94. The SMILES string of the molecule is Cc1cc(-c2cnc(N3CCOCC3)nc2-c2ccc(C)o2)on1. The Hall–Kier alpha value is -2.67. The molecular weight excluding hydrogens is 308 g/mol. The number of rotatable bonds is 3. The highest BCUT2D eigenvalue weighted by Crippen LogP contribution is 2.32. The lowest BCUT2D eigenvalue weighted by Gasteiger charge is -2.27. The molecule has 0 aromatic carbocycles. The van der Waals surface area contributed by atoms with Crippen LogP contribution < -0.4 is 4.90 Å². The van der Waals surface area contributed by atoms with E-state index in [-0.39, 0.29) is 0 Å². The summed E-state index contributed by atoms with van der Waals surface area (Å²) in [5, 5.41) is 3.96. The fourth-order valence-corrected chi connectivity index (χ4v) is 2.71. The smallest absolute Gasteiger partial charge is 0.226 e. The van der Waals surface area contributed by atoms with Gasteiger partial charge in [-0.1, -0.05) is 5.16 Å². The highest BCUT2D eigenvalue weighted by atomic mass is 16.5. The van der Waals surface area contributed by atoms with Crippen LogP contribution in [0.15, 0.2) is 33.3 Å². The van der Waals surface area contributed by atoms with Gasteiger partial charge in [0.25, 0.3) is 0 Å². The van der Waals surface area contributed by atoms with Crippen LogP contribution in [0.1, 0.15) is 11.5 Å². The Kier molecular flexibility index (Phi) is 3.78. The molecule has 0 amide bonds. The zero-order chi connectivity index (χ0) is 16.5. The summed E-state index contributed by atoms with van der Waals surface area (Å²) in [6, 6.07) is 5.70. The zero-order valence-electron chi connectivity index (χ0n) is 13.7. The number of aryl methyl sites for hydroxylation is 2. The van der Waals surface area contributed by atoms with Crippen LogP contribution in [0.4, 0.5) is 5.95 Å². The highest BCUT2D eigenvalue weighted by molar-refractivity contribution is 5.76. The van der Waals surface area contributed by atoms with Gasteiger partial charge in [-0.15, -0.1) is 0 Å². The maximum absolute atomic E-state index is 5.79. The number of furan rings is 1. The van der Waals surface area contributed by atoms with Gasteiger partial charge in [-0.3, -0.25) is 0 Å². The molecule has 3 aromatic heterocycles. The Morgan fingerprint density at radius 2 is 1.92 bits per heavy atom. The molecule has 4 rings (SSSR count). The number of hydrogen-bond donors (Lipinski definition) is 0. The van der Waals surface area contributed by atoms with Gasteiger partial charge in [0.15, 0.2) is 11.5 Å². The van der Waals surface area contributed by atoms with Crippen molar-refractivity contribution in [2.45, 2.75) is 13.8 Å². The van der Waals surface area contributed by atoms with E-state index in [1.807, 2.05) is 32.0 Å². The van der Waals surface area contributed by atoms with E-state index in [1.165, 1.54) is 0 Å². The second-order valence-corrected chi connectivity index (χ2v) is 5.77. The van der Waals surface area contributed by atoms with Gasteiger partial charge in [-0.2, -0.15) is 0 Å². The molecule has 1 aliphatic rings. The molecule has 1 saturated heterocycles. The monoisotopic (exact) mass is 326 g/mol. The maximum atomic E-state index is 5.79. The number of hydrogen-bond acceptors (Lipinski definition) is 7. The quantitative estimate of drug-likeness (QED) is 0.732. The van der Waals surface area contributed by atoms with Gasteiger partial charge < -0.3 is 18.6 Å². The molecule has 1 fully saturated rings. The van der Waals surface area contributed by atoms with Crippen LogP contribution in [0.25, 0.3) is 22.8 Å². The van der Waals surface area contributed by atoms with E-state index in [4.69, 9.17) is 18.7 Å². The molecule has 0 radical (unpaired) electrons. The molecule has 0 aliphatic carbocycles. The summed E-state index contributed by atoms with van der Waals surface area (Å²) in [5.41, 5.74) is 2.28. The number of nitrogens with zero attached hydrogens (tertiary/aromatic N) is 4. The van der Waals surface area contributed by atoms with E-state index in [1.54, 1.807) is 6.20 Å². The molecule has 0 saturated carbocycles. The van der Waals surface area contributed by atoms with Crippen molar-refractivity contribution in [3.05, 3.63) is 35.9 Å². The second-order valence-electron chi connectivity index (χ2n) is 5.77. The van der Waals surface area contributed by atoms with Crippen molar-refractivity contribution in [1.82, 2.24) is 15.1 Å². The van der Waals surface area contributed by atoms with Gasteiger partial charge in [0.1, 0.15) is 11.5 Å². The minimum Gasteiger partial charge on any atom is -0.460 e. The van der Waals surface area contributed by atoms with Crippen LogP contribution in [-0.2, 0) is 4.74 Å². The molecule has 0 bridgehead atoms. The molecule has 0 unspecified atom stereocenters. The Morgan fingerprint density at radius 3 is 2.58 bits per heavy atom. The maximum Gasteiger partial charge on any atom is 0.226 e. The lowest BCUT2D eigenvalue weighted by molar-refractivity contribution is 0.122. The van der Waals surface area contributed by atoms with E-state index in [0.717, 1.165) is 30.1 Å². The summed E-state index contributed by atoms with van der Waals surface area (Å²) in [6.07, 6.45) is 1.77. The topological polar surface area (TPSA) is 77.4 Å². The lowest BCUT2D eigenvalue weighted by Crippen LogP contribution is -2.37. The Balaban J connectivity index is 1.81. The van der Waals surface area contributed by atoms with Gasteiger partial charge in [0.05, 0.1) is 24.5 Å². The van der Waals surface area contributed by atoms with Gasteiger partial charge in [0, 0.05) is 25.4 Å². The first-order valence-corrected chi connectivity index (χ1v) is 7.91. The minimum atomic E-state index is 0.630. The van der Waals surface area contributed by atoms with Crippen LogP contribution in [-0.4, -0.2) is 41.4 Å². The molecule has 7 heteroatoms. The minimum absolute atomic E-state index is 0.630. The first-order chi connectivity index (χ1) is 11.7. The lowest BCUT2D eigenvalue weighted by atomic mass is 10.1. The van der Waals surface area contributed by atoms with E-state index < -0.39 is 0 Å². The summed E-state index contributed by atoms with van der Waals surface area (Å²) in [7, 11) is 0. The first-order valence-electron chi connectivity index (χ1n) is 7.91. The molecule has 124 valence electrons. The summed E-state index contributed by atoms with van der Waals surface area (Å²) >= 11 is 0. The molecule has 0 N–H and O–H groups in total. The zero-order valence-corrected chi connectivity index (χ0v) is 13.7. The fourth-order valence-electron chi connectivity index (χ4n) is 2.71. The first kappa shape index (κ1) is 14.9. The molecular formula is C17H18N4O3. The van der Waals surface area contributed by atoms with Crippen LogP contribution in [0, 0.1) is 13.8 Å². The summed E-state index contributed by atoms with van der Waals surface area (Å²) in [4.78, 5) is 11.4. The standard InChI is InChI=1S/C17H18N4O3/c1-11-9-15(24-20-11)13-10-18-17(21-5-7-22-8-6-21)19-16(13)14-4-3-12(2)23-14/h3-4,9-10H,5-8H2,1-2H3. The van der Waals surface area contributed by atoms with Crippen molar-refractivity contribution >= 4 is 5.95 Å². The second kappa shape index (κ2) is 6.09. The third-order valence-electron chi connectivity index (χ3n) is 3.94. The van der Waals surface area contributed by atoms with Crippen molar-refractivity contribution in [1.29, 1.82) is 0 Å². The molecule has 0 spiro atoms. The summed E-state index contributed by atoms with van der Waals surface area (Å²) in [5.74, 6) is 2.82. The molecule has 3 aromatic rings. The molecule has 1 aliphatic heterocycles. The van der Waals surface area contributed by atoms with Crippen LogP contribution in [0.5, 0.6) is 0 Å². The normalized spacial score (nSPS) is 15.0. The molecule has 4 heterocycles. The van der Waals surface area contributed by atoms with Gasteiger partial charge in [0.2, 0.25) is 5.95 Å². The van der Waals surface area contributed by atoms with Crippen LogP contribution in [0.2, 0.25) is 0 Å². The van der Waals surface area contributed by atoms with Crippen LogP contribution in [0.3, 0.4) is 0 Å². The van der Waals surface area contributed by atoms with E-state index in [0.29, 0.717) is 36.4 Å². The van der Waals surface area contributed by atoms with Crippen molar-refractivity contribution in [3.63, 3.8) is 0 Å². The Morgan fingerprint density at radius 1 is 1.08 bits per heavy atom. The van der Waals surface area contributed by atoms with E-state index in [2.05, 4.69) is 15.0 Å². The number of morpholine rings is 1. The number of aromatic nitrogens is 3. The molecule has 0 atom stereocenters. The van der Waals surface area contributed by atoms with Crippen molar-refractivity contribution < 1.29 is 13.7 Å². The van der Waals surface area contributed by atoms with Gasteiger partial charge in [-0.25, -0.2) is 9.97 Å². The number of anilines is 1. The van der Waals surface area contributed by atoms with Crippen molar-refractivity contribution in [3.8, 4) is 22.8 Å². The average molecular weight is 326 g/mol. The van der Waals surface area contributed by atoms with Crippen LogP contribution >= 0.6 is 0 Å². The Labute approximate surface area is 139 Å². The van der Waals surface area contributed by atoms with E-state index in [9.17, 15) is 0 Å². The van der Waals surface area contributed by atoms with E-state index >= 15 is 0 Å². The van der Waals surface area contributed by atoms with Gasteiger partial charge >= 0.3 is 0 Å². The molecule has 24 heavy (non-hydrogen) atoms. The predicted molar refractivity (Wildman–Crippen MR) is 87.7 cm³/mol.